The Kier molecular flexibility index (Phi) is 3.59. The number of cyclic esters (lactones) is 1. The summed E-state index contributed by atoms with van der Waals surface area (Å²) in [4.78, 5) is 39.0. The molecular weight excluding hydrogens is 332 g/mol. The van der Waals surface area contributed by atoms with Gasteiger partial charge in [0.1, 0.15) is 11.2 Å². The van der Waals surface area contributed by atoms with Gasteiger partial charge in [-0.25, -0.2) is 0 Å². The zero-order valence-corrected chi connectivity index (χ0v) is 15.4. The Hall–Kier alpha value is -2.17. The van der Waals surface area contributed by atoms with Gasteiger partial charge in [0, 0.05) is 17.9 Å². The molecule has 0 aromatic heterocycles. The van der Waals surface area contributed by atoms with Crippen LogP contribution in [0.15, 0.2) is 30.3 Å². The summed E-state index contributed by atoms with van der Waals surface area (Å²) in [5, 5.41) is 0. The summed E-state index contributed by atoms with van der Waals surface area (Å²) in [5.74, 6) is -1.61. The first kappa shape index (κ1) is 17.3. The van der Waals surface area contributed by atoms with Crippen LogP contribution in [0.25, 0.3) is 0 Å². The molecule has 1 saturated carbocycles. The predicted molar refractivity (Wildman–Crippen MR) is 93.3 cm³/mol. The van der Waals surface area contributed by atoms with Gasteiger partial charge in [0.2, 0.25) is 0 Å². The van der Waals surface area contributed by atoms with Crippen molar-refractivity contribution in [2.45, 2.75) is 57.7 Å². The summed E-state index contributed by atoms with van der Waals surface area (Å²) in [6.45, 7) is 5.74. The number of rotatable bonds is 3. The van der Waals surface area contributed by atoms with E-state index in [1.807, 2.05) is 26.8 Å². The third kappa shape index (κ3) is 2.32. The molecule has 0 spiro atoms. The van der Waals surface area contributed by atoms with Crippen LogP contribution in [0, 0.1) is 17.3 Å². The molecule has 2 aliphatic heterocycles. The van der Waals surface area contributed by atoms with Gasteiger partial charge >= 0.3 is 11.9 Å². The highest BCUT2D eigenvalue weighted by Gasteiger charge is 2.70. The Morgan fingerprint density at radius 1 is 1.04 bits per heavy atom. The SMILES string of the molecule is CC1(C)OC(=O)[C@]2(CC(=O)c3ccccc3)C(=O)O[C@]3(C)CC[C@H]1[C@H]2C3. The molecule has 26 heavy (non-hydrogen) atoms. The Bertz CT molecular complexity index is 773. The van der Waals surface area contributed by atoms with E-state index in [4.69, 9.17) is 9.47 Å². The van der Waals surface area contributed by atoms with Gasteiger partial charge in [-0.15, -0.1) is 0 Å². The van der Waals surface area contributed by atoms with Crippen LogP contribution in [0.2, 0.25) is 0 Å². The minimum atomic E-state index is -1.52. The topological polar surface area (TPSA) is 69.7 Å². The molecule has 0 amide bonds. The van der Waals surface area contributed by atoms with Crippen LogP contribution >= 0.6 is 0 Å². The predicted octanol–water partition coefficient (Wildman–Crippen LogP) is 3.31. The molecule has 5 nitrogen and oxygen atoms in total. The standard InChI is InChI=1S/C21H24O5/c1-19(2)14-9-10-20(3)11-15(14)21(17(23)25-19,18(24)26-20)12-16(22)13-7-5-4-6-8-13/h4-8,14-15H,9-12H2,1-3H3/t14-,15+,20+,21+/m0/s1. The molecule has 0 radical (unpaired) electrons. The van der Waals surface area contributed by atoms with Crippen molar-refractivity contribution in [2.24, 2.45) is 17.3 Å². The summed E-state index contributed by atoms with van der Waals surface area (Å²) >= 11 is 0. The fraction of sp³-hybridized carbons (Fsp3) is 0.571. The fourth-order valence-electron chi connectivity index (χ4n) is 5.18. The van der Waals surface area contributed by atoms with E-state index in [1.54, 1.807) is 24.3 Å². The van der Waals surface area contributed by atoms with Crippen molar-refractivity contribution < 1.29 is 23.9 Å². The van der Waals surface area contributed by atoms with Crippen LogP contribution in [0.1, 0.15) is 56.8 Å². The number of carbonyl (C=O) groups excluding carboxylic acids is 3. The lowest BCUT2D eigenvalue weighted by Gasteiger charge is -2.59. The van der Waals surface area contributed by atoms with Gasteiger partial charge in [0.05, 0.1) is 0 Å². The number of Topliss-reactive ketones (excluding diaryl/α,β-unsaturated/α-hetero) is 1. The summed E-state index contributed by atoms with van der Waals surface area (Å²) in [6, 6.07) is 8.77. The molecule has 2 saturated heterocycles. The minimum absolute atomic E-state index is 0.0460. The normalized spacial score (nSPS) is 37.5. The molecule has 3 fully saturated rings. The van der Waals surface area contributed by atoms with Crippen LogP contribution in [0.3, 0.4) is 0 Å². The molecule has 1 aliphatic carbocycles. The van der Waals surface area contributed by atoms with Gasteiger partial charge in [-0.2, -0.15) is 0 Å². The second kappa shape index (κ2) is 5.41. The van der Waals surface area contributed by atoms with Crippen LogP contribution in [0.4, 0.5) is 0 Å². The van der Waals surface area contributed by atoms with Gasteiger partial charge in [0.15, 0.2) is 11.2 Å². The van der Waals surface area contributed by atoms with E-state index in [0.29, 0.717) is 12.0 Å². The lowest BCUT2D eigenvalue weighted by molar-refractivity contribution is -0.249. The van der Waals surface area contributed by atoms with Gasteiger partial charge in [0.25, 0.3) is 0 Å². The molecule has 4 atom stereocenters. The van der Waals surface area contributed by atoms with E-state index in [0.717, 1.165) is 12.8 Å². The van der Waals surface area contributed by atoms with Crippen molar-refractivity contribution in [3.63, 3.8) is 0 Å². The molecule has 0 N–H and O–H groups in total. The zero-order chi connectivity index (χ0) is 18.7. The van der Waals surface area contributed by atoms with Crippen molar-refractivity contribution in [1.82, 2.24) is 0 Å². The molecule has 2 bridgehead atoms. The first-order valence-corrected chi connectivity index (χ1v) is 9.23. The lowest BCUT2D eigenvalue weighted by Crippen LogP contribution is -2.68. The number of benzene rings is 1. The largest absolute Gasteiger partial charge is 0.458 e. The number of hydrogen-bond donors (Lipinski definition) is 0. The molecule has 1 aromatic carbocycles. The summed E-state index contributed by atoms with van der Waals surface area (Å²) < 4.78 is 11.4. The van der Waals surface area contributed by atoms with Crippen molar-refractivity contribution in [1.29, 1.82) is 0 Å². The highest BCUT2D eigenvalue weighted by Crippen LogP contribution is 2.60. The second-order valence-electron chi connectivity index (χ2n) is 8.73. The van der Waals surface area contributed by atoms with Crippen LogP contribution in [-0.4, -0.2) is 28.9 Å². The van der Waals surface area contributed by atoms with E-state index in [2.05, 4.69) is 0 Å². The smallest absolute Gasteiger partial charge is 0.324 e. The zero-order valence-electron chi connectivity index (χ0n) is 15.4. The molecule has 138 valence electrons. The Morgan fingerprint density at radius 3 is 2.38 bits per heavy atom. The Labute approximate surface area is 153 Å². The highest BCUT2D eigenvalue weighted by atomic mass is 16.6. The molecule has 4 rings (SSSR count). The Morgan fingerprint density at radius 2 is 1.69 bits per heavy atom. The summed E-state index contributed by atoms with van der Waals surface area (Å²) in [5.41, 5.74) is -2.22. The maximum Gasteiger partial charge on any atom is 0.324 e. The second-order valence-corrected chi connectivity index (χ2v) is 8.73. The van der Waals surface area contributed by atoms with Crippen molar-refractivity contribution in [3.8, 4) is 0 Å². The minimum Gasteiger partial charge on any atom is -0.458 e. The third-order valence-corrected chi connectivity index (χ3v) is 6.61. The van der Waals surface area contributed by atoms with Crippen molar-refractivity contribution >= 4 is 17.7 Å². The van der Waals surface area contributed by atoms with Gasteiger partial charge in [-0.05, 0) is 46.0 Å². The quantitative estimate of drug-likeness (QED) is 0.472. The molecule has 1 aromatic rings. The number of ketones is 1. The number of hydrogen-bond acceptors (Lipinski definition) is 5. The number of fused-ring (bicyclic) bond motifs is 1. The van der Waals surface area contributed by atoms with Crippen molar-refractivity contribution in [3.05, 3.63) is 35.9 Å². The van der Waals surface area contributed by atoms with Gasteiger partial charge in [-0.1, -0.05) is 30.3 Å². The van der Waals surface area contributed by atoms with E-state index in [-0.39, 0.29) is 24.0 Å². The third-order valence-electron chi connectivity index (χ3n) is 6.61. The molecule has 0 unspecified atom stereocenters. The van der Waals surface area contributed by atoms with Crippen LogP contribution < -0.4 is 0 Å². The maximum atomic E-state index is 13.1. The first-order valence-electron chi connectivity index (χ1n) is 9.23. The van der Waals surface area contributed by atoms with E-state index < -0.39 is 28.6 Å². The van der Waals surface area contributed by atoms with Crippen LogP contribution in [-0.2, 0) is 19.1 Å². The molecule has 2 heterocycles. The van der Waals surface area contributed by atoms with Crippen LogP contribution in [0.5, 0.6) is 0 Å². The lowest BCUT2D eigenvalue weighted by atomic mass is 9.52. The average Bonchev–Trinajstić information content (AvgIpc) is 2.57. The maximum absolute atomic E-state index is 13.1. The average molecular weight is 356 g/mol. The fourth-order valence-corrected chi connectivity index (χ4v) is 5.18. The number of esters is 2. The van der Waals surface area contributed by atoms with Gasteiger partial charge < -0.3 is 9.47 Å². The molecular formula is C21H24O5. The monoisotopic (exact) mass is 356 g/mol. The van der Waals surface area contributed by atoms with Crippen molar-refractivity contribution in [2.75, 3.05) is 0 Å². The van der Waals surface area contributed by atoms with E-state index in [1.165, 1.54) is 0 Å². The van der Waals surface area contributed by atoms with E-state index in [9.17, 15) is 14.4 Å². The van der Waals surface area contributed by atoms with Gasteiger partial charge in [-0.3, -0.25) is 14.4 Å². The highest BCUT2D eigenvalue weighted by molar-refractivity contribution is 6.08. The first-order chi connectivity index (χ1) is 12.2. The molecule has 3 aliphatic rings. The Balaban J connectivity index is 1.77. The van der Waals surface area contributed by atoms with E-state index >= 15 is 0 Å². The number of ether oxygens (including phenoxy) is 2. The molecule has 5 heteroatoms. The summed E-state index contributed by atoms with van der Waals surface area (Å²) in [7, 11) is 0. The summed E-state index contributed by atoms with van der Waals surface area (Å²) in [6.07, 6.45) is 1.98. The number of carbonyl (C=O) groups is 3.